The first-order chi connectivity index (χ1) is 8.34. The molecule has 0 radical (unpaired) electrons. The highest BCUT2D eigenvalue weighted by molar-refractivity contribution is 8.00. The zero-order valence-electron chi connectivity index (χ0n) is 9.59. The van der Waals surface area contributed by atoms with Crippen LogP contribution in [-0.2, 0) is 4.79 Å². The molecule has 3 nitrogen and oxygen atoms in total. The van der Waals surface area contributed by atoms with Gasteiger partial charge in [-0.25, -0.2) is 0 Å². The first-order valence-corrected chi connectivity index (χ1v) is 8.00. The first-order valence-electron chi connectivity index (χ1n) is 6.01. The topological polar surface area (TPSA) is 32.3 Å². The summed E-state index contributed by atoms with van der Waals surface area (Å²) < 4.78 is 0. The van der Waals surface area contributed by atoms with Gasteiger partial charge in [0.15, 0.2) is 0 Å². The summed E-state index contributed by atoms with van der Waals surface area (Å²) in [5.41, 5.74) is 1.23. The minimum absolute atomic E-state index is 0.106. The van der Waals surface area contributed by atoms with Crippen molar-refractivity contribution in [2.75, 3.05) is 18.8 Å². The van der Waals surface area contributed by atoms with Crippen LogP contribution in [0.3, 0.4) is 0 Å². The molecule has 3 rings (SSSR count). The Hall–Kier alpha value is -0.520. The fourth-order valence-corrected chi connectivity index (χ4v) is 4.43. The number of thiophene rings is 1. The predicted molar refractivity (Wildman–Crippen MR) is 72.3 cm³/mol. The number of nitrogens with zero attached hydrogens (tertiary/aromatic N) is 1. The lowest BCUT2D eigenvalue weighted by Crippen LogP contribution is -2.35. The van der Waals surface area contributed by atoms with Crippen LogP contribution in [0.1, 0.15) is 24.6 Å². The highest BCUT2D eigenvalue weighted by Gasteiger charge is 2.34. The van der Waals surface area contributed by atoms with E-state index in [2.05, 4.69) is 22.1 Å². The Morgan fingerprint density at radius 3 is 3.18 bits per heavy atom. The van der Waals surface area contributed by atoms with Gasteiger partial charge in [-0.2, -0.15) is 23.1 Å². The third-order valence-electron chi connectivity index (χ3n) is 3.36. The average molecular weight is 268 g/mol. The van der Waals surface area contributed by atoms with Crippen LogP contribution in [0.25, 0.3) is 0 Å². The van der Waals surface area contributed by atoms with Crippen LogP contribution in [0.5, 0.6) is 0 Å². The third-order valence-corrected chi connectivity index (χ3v) is 5.44. The van der Waals surface area contributed by atoms with Gasteiger partial charge in [0.25, 0.3) is 0 Å². The standard InChI is InChI=1S/C12H16N2OS2/c15-11-6-13-12(9-3-5-16-8-9)14(11)7-10-2-1-4-17-10/h3,5,8,10,12-13H,1-2,4,6-7H2. The second kappa shape index (κ2) is 5.00. The summed E-state index contributed by atoms with van der Waals surface area (Å²) in [6, 6.07) is 2.11. The number of thioether (sulfide) groups is 1. The molecule has 2 unspecified atom stereocenters. The van der Waals surface area contributed by atoms with Crippen molar-refractivity contribution in [3.8, 4) is 0 Å². The van der Waals surface area contributed by atoms with Gasteiger partial charge in [-0.3, -0.25) is 10.1 Å². The molecule has 0 aromatic carbocycles. The number of amides is 1. The van der Waals surface area contributed by atoms with Gasteiger partial charge in [-0.05, 0) is 41.0 Å². The molecule has 5 heteroatoms. The van der Waals surface area contributed by atoms with E-state index in [4.69, 9.17) is 0 Å². The Labute approximate surface area is 110 Å². The molecule has 1 aromatic rings. The summed E-state index contributed by atoms with van der Waals surface area (Å²) >= 11 is 3.70. The first kappa shape index (κ1) is 11.6. The molecular formula is C12H16N2OS2. The third kappa shape index (κ3) is 2.37. The van der Waals surface area contributed by atoms with Crippen molar-refractivity contribution >= 4 is 29.0 Å². The molecule has 1 N–H and O–H groups in total. The van der Waals surface area contributed by atoms with Crippen molar-refractivity contribution in [1.82, 2.24) is 10.2 Å². The molecule has 3 heterocycles. The van der Waals surface area contributed by atoms with E-state index in [-0.39, 0.29) is 12.1 Å². The predicted octanol–water partition coefficient (Wildman–Crippen LogP) is 2.07. The van der Waals surface area contributed by atoms with E-state index in [0.717, 1.165) is 6.54 Å². The zero-order chi connectivity index (χ0) is 11.7. The maximum atomic E-state index is 11.9. The van der Waals surface area contributed by atoms with Gasteiger partial charge in [0, 0.05) is 11.8 Å². The summed E-state index contributed by atoms with van der Waals surface area (Å²) in [7, 11) is 0. The zero-order valence-corrected chi connectivity index (χ0v) is 11.2. The SMILES string of the molecule is O=C1CNC(c2ccsc2)N1CC1CCCS1. The van der Waals surface area contributed by atoms with Crippen LogP contribution in [0.4, 0.5) is 0 Å². The fourth-order valence-electron chi connectivity index (χ4n) is 2.48. The van der Waals surface area contributed by atoms with Crippen LogP contribution < -0.4 is 5.32 Å². The summed E-state index contributed by atoms with van der Waals surface area (Å²) in [4.78, 5) is 13.9. The van der Waals surface area contributed by atoms with Crippen molar-refractivity contribution in [3.63, 3.8) is 0 Å². The lowest BCUT2D eigenvalue weighted by atomic mass is 10.2. The molecule has 2 saturated heterocycles. The van der Waals surface area contributed by atoms with E-state index < -0.39 is 0 Å². The van der Waals surface area contributed by atoms with E-state index >= 15 is 0 Å². The molecule has 1 aromatic heterocycles. The van der Waals surface area contributed by atoms with Crippen LogP contribution in [0.2, 0.25) is 0 Å². The van der Waals surface area contributed by atoms with E-state index in [0.29, 0.717) is 11.8 Å². The minimum atomic E-state index is 0.106. The van der Waals surface area contributed by atoms with Crippen molar-refractivity contribution in [2.45, 2.75) is 24.3 Å². The average Bonchev–Trinajstić information content (AvgIpc) is 3.03. The van der Waals surface area contributed by atoms with Gasteiger partial charge < -0.3 is 4.90 Å². The number of rotatable bonds is 3. The highest BCUT2D eigenvalue weighted by Crippen LogP contribution is 2.31. The molecule has 2 aliphatic heterocycles. The van der Waals surface area contributed by atoms with Crippen molar-refractivity contribution < 1.29 is 4.79 Å². The number of carbonyl (C=O) groups is 1. The lowest BCUT2D eigenvalue weighted by Gasteiger charge is -2.26. The summed E-state index contributed by atoms with van der Waals surface area (Å²) in [5, 5.41) is 8.15. The van der Waals surface area contributed by atoms with Crippen molar-refractivity contribution in [2.24, 2.45) is 0 Å². The Morgan fingerprint density at radius 1 is 1.53 bits per heavy atom. The van der Waals surface area contributed by atoms with Gasteiger partial charge in [0.05, 0.1) is 6.54 Å². The second-order valence-corrected chi connectivity index (χ2v) is 6.71. The number of nitrogens with one attached hydrogen (secondary N) is 1. The lowest BCUT2D eigenvalue weighted by molar-refractivity contribution is -0.128. The molecule has 0 aliphatic carbocycles. The fraction of sp³-hybridized carbons (Fsp3) is 0.583. The van der Waals surface area contributed by atoms with Gasteiger partial charge in [0.1, 0.15) is 6.17 Å². The summed E-state index contributed by atoms with van der Waals surface area (Å²) in [6.07, 6.45) is 2.66. The monoisotopic (exact) mass is 268 g/mol. The molecular weight excluding hydrogens is 252 g/mol. The molecule has 0 spiro atoms. The van der Waals surface area contributed by atoms with Crippen molar-refractivity contribution in [3.05, 3.63) is 22.4 Å². The maximum absolute atomic E-state index is 11.9. The van der Waals surface area contributed by atoms with Crippen LogP contribution in [-0.4, -0.2) is 34.9 Å². The molecule has 2 aliphatic rings. The molecule has 0 saturated carbocycles. The van der Waals surface area contributed by atoms with Crippen LogP contribution >= 0.6 is 23.1 Å². The molecule has 1 amide bonds. The molecule has 92 valence electrons. The van der Waals surface area contributed by atoms with Gasteiger partial charge in [0.2, 0.25) is 5.91 Å². The normalized spacial score (nSPS) is 29.2. The molecule has 0 bridgehead atoms. The number of hydrogen-bond acceptors (Lipinski definition) is 4. The Morgan fingerprint density at radius 2 is 2.47 bits per heavy atom. The minimum Gasteiger partial charge on any atom is -0.321 e. The largest absolute Gasteiger partial charge is 0.321 e. The second-order valence-electron chi connectivity index (χ2n) is 4.52. The highest BCUT2D eigenvalue weighted by atomic mass is 32.2. The van der Waals surface area contributed by atoms with E-state index in [1.54, 1.807) is 11.3 Å². The van der Waals surface area contributed by atoms with Crippen LogP contribution in [0, 0.1) is 0 Å². The Balaban J connectivity index is 1.72. The molecule has 2 atom stereocenters. The molecule has 17 heavy (non-hydrogen) atoms. The van der Waals surface area contributed by atoms with E-state index in [1.807, 2.05) is 16.7 Å². The van der Waals surface area contributed by atoms with Gasteiger partial charge >= 0.3 is 0 Å². The number of hydrogen-bond donors (Lipinski definition) is 1. The van der Waals surface area contributed by atoms with Gasteiger partial charge in [-0.1, -0.05) is 0 Å². The Kier molecular flexibility index (Phi) is 3.40. The van der Waals surface area contributed by atoms with Crippen molar-refractivity contribution in [1.29, 1.82) is 0 Å². The van der Waals surface area contributed by atoms with Crippen LogP contribution in [0.15, 0.2) is 16.8 Å². The molecule has 2 fully saturated rings. The Bertz CT molecular complexity index is 387. The quantitative estimate of drug-likeness (QED) is 0.911. The van der Waals surface area contributed by atoms with Gasteiger partial charge in [-0.15, -0.1) is 0 Å². The number of carbonyl (C=O) groups excluding carboxylic acids is 1. The summed E-state index contributed by atoms with van der Waals surface area (Å²) in [6.45, 7) is 1.38. The maximum Gasteiger partial charge on any atom is 0.238 e. The summed E-state index contributed by atoms with van der Waals surface area (Å²) in [5.74, 6) is 1.50. The van der Waals surface area contributed by atoms with E-state index in [1.165, 1.54) is 24.2 Å². The smallest absolute Gasteiger partial charge is 0.238 e. The van der Waals surface area contributed by atoms with E-state index in [9.17, 15) is 4.79 Å².